The van der Waals surface area contributed by atoms with Crippen molar-refractivity contribution >= 4 is 39.2 Å². The fourth-order valence-electron chi connectivity index (χ4n) is 1.91. The van der Waals surface area contributed by atoms with Crippen molar-refractivity contribution in [3.63, 3.8) is 0 Å². The lowest BCUT2D eigenvalue weighted by atomic mass is 10.2. The lowest BCUT2D eigenvalue weighted by Gasteiger charge is -2.23. The number of halogens is 2. The van der Waals surface area contributed by atoms with E-state index in [2.05, 4.69) is 15.9 Å². The van der Waals surface area contributed by atoms with Gasteiger partial charge in [0, 0.05) is 21.7 Å². The number of carbonyl (C=O) groups is 1. The molecule has 1 N–H and O–H groups in total. The van der Waals surface area contributed by atoms with Gasteiger partial charge in [-0.15, -0.1) is 0 Å². The molecule has 0 atom stereocenters. The summed E-state index contributed by atoms with van der Waals surface area (Å²) in [5.74, 6) is -0.866. The van der Waals surface area contributed by atoms with Crippen LogP contribution in [0, 0.1) is 0 Å². The predicted octanol–water partition coefficient (Wildman–Crippen LogP) is 4.19. The van der Waals surface area contributed by atoms with E-state index in [-0.39, 0.29) is 6.54 Å². The van der Waals surface area contributed by atoms with Gasteiger partial charge in [0.15, 0.2) is 0 Å². The molecule has 0 fully saturated rings. The average molecular weight is 355 g/mol. The molecule has 104 valence electrons. The number of carboxylic acids is 1. The van der Waals surface area contributed by atoms with E-state index in [4.69, 9.17) is 16.7 Å². The minimum absolute atomic E-state index is 0.0614. The molecule has 3 nitrogen and oxygen atoms in total. The van der Waals surface area contributed by atoms with Gasteiger partial charge in [-0.1, -0.05) is 39.7 Å². The van der Waals surface area contributed by atoms with E-state index < -0.39 is 5.97 Å². The van der Waals surface area contributed by atoms with Crippen molar-refractivity contribution in [1.82, 2.24) is 0 Å². The van der Waals surface area contributed by atoms with Crippen molar-refractivity contribution in [3.05, 3.63) is 63.6 Å². The molecule has 0 radical (unpaired) electrons. The SMILES string of the molecule is O=C(O)CN(Cc1cccc(Br)c1)c1ccc(Cl)cc1. The number of rotatable bonds is 5. The Morgan fingerprint density at radius 3 is 2.50 bits per heavy atom. The van der Waals surface area contributed by atoms with Gasteiger partial charge < -0.3 is 10.0 Å². The van der Waals surface area contributed by atoms with Crippen LogP contribution in [0.2, 0.25) is 5.02 Å². The maximum absolute atomic E-state index is 11.0. The van der Waals surface area contributed by atoms with Gasteiger partial charge in [0.2, 0.25) is 0 Å². The van der Waals surface area contributed by atoms with Crippen LogP contribution in [0.15, 0.2) is 53.0 Å². The second-order valence-electron chi connectivity index (χ2n) is 4.36. The molecular weight excluding hydrogens is 342 g/mol. The fraction of sp³-hybridized carbons (Fsp3) is 0.133. The molecule has 0 aromatic heterocycles. The number of aliphatic carboxylic acids is 1. The lowest BCUT2D eigenvalue weighted by Crippen LogP contribution is -2.29. The summed E-state index contributed by atoms with van der Waals surface area (Å²) in [6, 6.07) is 15.0. The third-order valence-corrected chi connectivity index (χ3v) is 3.53. The Kier molecular flexibility index (Phi) is 5.04. The quantitative estimate of drug-likeness (QED) is 0.875. The molecule has 0 unspecified atom stereocenters. The molecule has 5 heteroatoms. The van der Waals surface area contributed by atoms with E-state index in [1.807, 2.05) is 36.4 Å². The Labute approximate surface area is 130 Å². The summed E-state index contributed by atoms with van der Waals surface area (Å²) in [6.07, 6.45) is 0. The highest BCUT2D eigenvalue weighted by Crippen LogP contribution is 2.21. The Bertz CT molecular complexity index is 601. The first-order valence-corrected chi connectivity index (χ1v) is 7.18. The summed E-state index contributed by atoms with van der Waals surface area (Å²) >= 11 is 9.28. The minimum Gasteiger partial charge on any atom is -0.480 e. The van der Waals surface area contributed by atoms with Crippen molar-refractivity contribution in [2.75, 3.05) is 11.4 Å². The summed E-state index contributed by atoms with van der Waals surface area (Å²) in [7, 11) is 0. The van der Waals surface area contributed by atoms with Crippen LogP contribution in [-0.4, -0.2) is 17.6 Å². The third-order valence-electron chi connectivity index (χ3n) is 2.78. The summed E-state index contributed by atoms with van der Waals surface area (Å²) in [4.78, 5) is 12.8. The molecule has 0 aliphatic heterocycles. The van der Waals surface area contributed by atoms with Gasteiger partial charge in [0.05, 0.1) is 0 Å². The highest BCUT2D eigenvalue weighted by atomic mass is 79.9. The topological polar surface area (TPSA) is 40.5 Å². The van der Waals surface area contributed by atoms with Crippen LogP contribution in [0.3, 0.4) is 0 Å². The first-order valence-electron chi connectivity index (χ1n) is 6.01. The van der Waals surface area contributed by atoms with Crippen LogP contribution < -0.4 is 4.90 Å². The van der Waals surface area contributed by atoms with Crippen LogP contribution in [0.25, 0.3) is 0 Å². The van der Waals surface area contributed by atoms with Crippen LogP contribution in [-0.2, 0) is 11.3 Å². The number of anilines is 1. The maximum Gasteiger partial charge on any atom is 0.323 e. The van der Waals surface area contributed by atoms with Crippen LogP contribution >= 0.6 is 27.5 Å². The Balaban J connectivity index is 2.23. The van der Waals surface area contributed by atoms with Gasteiger partial charge in [-0.3, -0.25) is 4.79 Å². The normalized spacial score (nSPS) is 10.3. The first kappa shape index (κ1) is 14.9. The summed E-state index contributed by atoms with van der Waals surface area (Å²) in [5.41, 5.74) is 1.87. The number of carboxylic acid groups (broad SMARTS) is 1. The van der Waals surface area contributed by atoms with Gasteiger partial charge in [-0.05, 0) is 42.0 Å². The zero-order valence-corrected chi connectivity index (χ0v) is 12.9. The summed E-state index contributed by atoms with van der Waals surface area (Å²) in [6.45, 7) is 0.460. The van der Waals surface area contributed by atoms with E-state index in [0.717, 1.165) is 15.7 Å². The van der Waals surface area contributed by atoms with Crippen LogP contribution in [0.1, 0.15) is 5.56 Å². The minimum atomic E-state index is -0.866. The van der Waals surface area contributed by atoms with Crippen molar-refractivity contribution in [3.8, 4) is 0 Å². The van der Waals surface area contributed by atoms with Crippen molar-refractivity contribution < 1.29 is 9.90 Å². The van der Waals surface area contributed by atoms with Crippen molar-refractivity contribution in [2.24, 2.45) is 0 Å². The van der Waals surface area contributed by atoms with E-state index in [9.17, 15) is 4.79 Å². The first-order chi connectivity index (χ1) is 9.54. The molecule has 20 heavy (non-hydrogen) atoms. The number of hydrogen-bond acceptors (Lipinski definition) is 2. The number of nitrogens with zero attached hydrogens (tertiary/aromatic N) is 1. The molecule has 2 aromatic rings. The lowest BCUT2D eigenvalue weighted by molar-refractivity contribution is -0.135. The molecular formula is C15H13BrClNO2. The molecule has 0 bridgehead atoms. The third kappa shape index (κ3) is 4.25. The monoisotopic (exact) mass is 353 g/mol. The van der Waals surface area contributed by atoms with E-state index in [1.54, 1.807) is 17.0 Å². The van der Waals surface area contributed by atoms with Gasteiger partial charge in [0.25, 0.3) is 0 Å². The molecule has 2 rings (SSSR count). The smallest absolute Gasteiger partial charge is 0.323 e. The summed E-state index contributed by atoms with van der Waals surface area (Å²) in [5, 5.41) is 9.69. The number of benzene rings is 2. The van der Waals surface area contributed by atoms with Gasteiger partial charge in [-0.2, -0.15) is 0 Å². The highest BCUT2D eigenvalue weighted by Gasteiger charge is 2.11. The van der Waals surface area contributed by atoms with E-state index in [0.29, 0.717) is 11.6 Å². The Morgan fingerprint density at radius 2 is 1.90 bits per heavy atom. The molecule has 0 aliphatic rings. The van der Waals surface area contributed by atoms with E-state index in [1.165, 1.54) is 0 Å². The largest absolute Gasteiger partial charge is 0.480 e. The molecule has 0 saturated heterocycles. The van der Waals surface area contributed by atoms with Gasteiger partial charge in [-0.25, -0.2) is 0 Å². The molecule has 0 saturated carbocycles. The standard InChI is InChI=1S/C15H13BrClNO2/c16-12-3-1-2-11(8-12)9-18(10-15(19)20)14-6-4-13(17)5-7-14/h1-8H,9-10H2,(H,19,20). The second-order valence-corrected chi connectivity index (χ2v) is 5.71. The Morgan fingerprint density at radius 1 is 1.20 bits per heavy atom. The zero-order valence-electron chi connectivity index (χ0n) is 10.6. The molecule has 0 amide bonds. The Hall–Kier alpha value is -1.52. The van der Waals surface area contributed by atoms with Crippen LogP contribution in [0.5, 0.6) is 0 Å². The second kappa shape index (κ2) is 6.77. The highest BCUT2D eigenvalue weighted by molar-refractivity contribution is 9.10. The predicted molar refractivity (Wildman–Crippen MR) is 84.3 cm³/mol. The summed E-state index contributed by atoms with van der Waals surface area (Å²) < 4.78 is 0.974. The fourth-order valence-corrected chi connectivity index (χ4v) is 2.48. The van der Waals surface area contributed by atoms with Crippen LogP contribution in [0.4, 0.5) is 5.69 Å². The van der Waals surface area contributed by atoms with Gasteiger partial charge in [0.1, 0.15) is 6.54 Å². The molecule has 0 aliphatic carbocycles. The average Bonchev–Trinajstić information content (AvgIpc) is 2.38. The molecule has 0 heterocycles. The van der Waals surface area contributed by atoms with Gasteiger partial charge >= 0.3 is 5.97 Å². The zero-order chi connectivity index (χ0) is 14.5. The van der Waals surface area contributed by atoms with Crippen molar-refractivity contribution in [2.45, 2.75) is 6.54 Å². The van der Waals surface area contributed by atoms with E-state index >= 15 is 0 Å². The maximum atomic E-state index is 11.0. The molecule has 2 aromatic carbocycles. The molecule has 0 spiro atoms. The van der Waals surface area contributed by atoms with Crippen molar-refractivity contribution in [1.29, 1.82) is 0 Å². The number of hydrogen-bond donors (Lipinski definition) is 1.